The maximum absolute atomic E-state index is 13.0. The molecule has 0 aliphatic carbocycles. The number of hydrogen-bond acceptors (Lipinski definition) is 5. The molecule has 2 saturated heterocycles. The largest absolute Gasteiger partial charge is 0.465 e. The summed E-state index contributed by atoms with van der Waals surface area (Å²) in [6.45, 7) is 4.65. The molecule has 2 fully saturated rings. The average molecular weight is 375 g/mol. The minimum Gasteiger partial charge on any atom is -0.465 e. The Morgan fingerprint density at radius 2 is 2.08 bits per heavy atom. The number of methoxy groups -OCH3 is 1. The number of rotatable bonds is 3. The van der Waals surface area contributed by atoms with Gasteiger partial charge in [-0.25, -0.2) is 13.2 Å². The first kappa shape index (κ1) is 19.2. The first-order valence-corrected chi connectivity index (χ1v) is 9.22. The smallest absolute Gasteiger partial charge is 0.337 e. The van der Waals surface area contributed by atoms with Crippen molar-refractivity contribution in [2.75, 3.05) is 33.3 Å². The fourth-order valence-corrected chi connectivity index (χ4v) is 5.31. The average Bonchev–Trinajstić information content (AvgIpc) is 3.17. The number of nitrogens with one attached hydrogen (secondary N) is 1. The lowest BCUT2D eigenvalue weighted by atomic mass is 9.87. The zero-order valence-corrected chi connectivity index (χ0v) is 15.5. The Hall–Kier alpha value is -1.15. The highest BCUT2D eigenvalue weighted by Crippen LogP contribution is 2.38. The quantitative estimate of drug-likeness (QED) is 0.813. The number of halogens is 1. The summed E-state index contributed by atoms with van der Waals surface area (Å²) < 4.78 is 32.3. The first-order chi connectivity index (χ1) is 10.9. The molecular formula is C16H23ClN2O4S. The summed E-state index contributed by atoms with van der Waals surface area (Å²) in [7, 11) is -2.31. The van der Waals surface area contributed by atoms with E-state index in [0.717, 1.165) is 25.9 Å². The molecule has 0 bridgehead atoms. The third-order valence-electron chi connectivity index (χ3n) is 4.96. The van der Waals surface area contributed by atoms with Crippen molar-refractivity contribution in [2.24, 2.45) is 5.41 Å². The Labute approximate surface area is 149 Å². The van der Waals surface area contributed by atoms with Crippen LogP contribution in [0.1, 0.15) is 28.8 Å². The van der Waals surface area contributed by atoms with Crippen molar-refractivity contribution in [1.29, 1.82) is 0 Å². The monoisotopic (exact) mass is 374 g/mol. The van der Waals surface area contributed by atoms with E-state index in [4.69, 9.17) is 0 Å². The van der Waals surface area contributed by atoms with Crippen molar-refractivity contribution >= 4 is 28.4 Å². The van der Waals surface area contributed by atoms with Crippen molar-refractivity contribution in [3.8, 4) is 0 Å². The van der Waals surface area contributed by atoms with E-state index in [2.05, 4.69) is 10.1 Å². The molecule has 0 amide bonds. The number of hydrogen-bond donors (Lipinski definition) is 1. The number of carbonyl (C=O) groups is 1. The van der Waals surface area contributed by atoms with Gasteiger partial charge >= 0.3 is 5.97 Å². The lowest BCUT2D eigenvalue weighted by molar-refractivity contribution is 0.0600. The second kappa shape index (κ2) is 7.00. The highest BCUT2D eigenvalue weighted by Gasteiger charge is 2.44. The third-order valence-corrected chi connectivity index (χ3v) is 6.95. The van der Waals surface area contributed by atoms with Gasteiger partial charge in [0.2, 0.25) is 10.0 Å². The SMILES string of the molecule is COC(=O)c1ccc(C)c(S(=O)(=O)N2CCC3(CCNC3)C2)c1.Cl. The van der Waals surface area contributed by atoms with Crippen molar-refractivity contribution < 1.29 is 17.9 Å². The second-order valence-electron chi connectivity index (χ2n) is 6.49. The van der Waals surface area contributed by atoms with Gasteiger partial charge in [-0.2, -0.15) is 4.31 Å². The van der Waals surface area contributed by atoms with Gasteiger partial charge in [0.25, 0.3) is 0 Å². The van der Waals surface area contributed by atoms with E-state index in [1.165, 1.54) is 13.2 Å². The van der Waals surface area contributed by atoms with E-state index >= 15 is 0 Å². The summed E-state index contributed by atoms with van der Waals surface area (Å²) in [5.41, 5.74) is 0.970. The minimum absolute atomic E-state index is 0. The van der Waals surface area contributed by atoms with Gasteiger partial charge in [0, 0.05) is 19.6 Å². The highest BCUT2D eigenvalue weighted by atomic mass is 35.5. The van der Waals surface area contributed by atoms with Crippen LogP contribution in [-0.2, 0) is 14.8 Å². The highest BCUT2D eigenvalue weighted by molar-refractivity contribution is 7.89. The number of ether oxygens (including phenoxy) is 1. The van der Waals surface area contributed by atoms with E-state index in [1.54, 1.807) is 23.4 Å². The van der Waals surface area contributed by atoms with Gasteiger partial charge in [0.05, 0.1) is 17.6 Å². The third kappa shape index (κ3) is 3.31. The molecule has 8 heteroatoms. The Morgan fingerprint density at radius 1 is 1.33 bits per heavy atom. The molecule has 2 aliphatic rings. The molecule has 1 unspecified atom stereocenters. The van der Waals surface area contributed by atoms with Crippen LogP contribution in [0.5, 0.6) is 0 Å². The van der Waals surface area contributed by atoms with E-state index in [-0.39, 0.29) is 28.3 Å². The van der Waals surface area contributed by atoms with Crippen LogP contribution in [0, 0.1) is 12.3 Å². The predicted octanol–water partition coefficient (Wildman–Crippen LogP) is 1.58. The maximum Gasteiger partial charge on any atom is 0.337 e. The van der Waals surface area contributed by atoms with Gasteiger partial charge in [-0.3, -0.25) is 0 Å². The zero-order chi connectivity index (χ0) is 16.7. The number of sulfonamides is 1. The molecule has 1 aromatic carbocycles. The molecule has 134 valence electrons. The standard InChI is InChI=1S/C16H22N2O4S.ClH/c1-12-3-4-13(15(19)22-2)9-14(12)23(20,21)18-8-6-16(11-18)5-7-17-10-16;/h3-4,9,17H,5-8,10-11H2,1-2H3;1H. The van der Waals surface area contributed by atoms with Crippen molar-refractivity contribution in [3.05, 3.63) is 29.3 Å². The number of nitrogens with zero attached hydrogens (tertiary/aromatic N) is 1. The minimum atomic E-state index is -3.60. The molecule has 3 rings (SSSR count). The van der Waals surface area contributed by atoms with E-state index < -0.39 is 16.0 Å². The number of carbonyl (C=O) groups excluding carboxylic acids is 1. The molecular weight excluding hydrogens is 352 g/mol. The zero-order valence-electron chi connectivity index (χ0n) is 13.9. The van der Waals surface area contributed by atoms with Crippen LogP contribution in [0.3, 0.4) is 0 Å². The fourth-order valence-electron chi connectivity index (χ4n) is 3.50. The Morgan fingerprint density at radius 3 is 2.71 bits per heavy atom. The summed E-state index contributed by atoms with van der Waals surface area (Å²) in [6, 6.07) is 4.67. The molecule has 1 N–H and O–H groups in total. The van der Waals surface area contributed by atoms with Crippen LogP contribution in [0.2, 0.25) is 0 Å². The van der Waals surface area contributed by atoms with Gasteiger partial charge in [-0.1, -0.05) is 6.07 Å². The number of aryl methyl sites for hydroxylation is 1. The van der Waals surface area contributed by atoms with E-state index in [1.807, 2.05) is 0 Å². The predicted molar refractivity (Wildman–Crippen MR) is 93.1 cm³/mol. The van der Waals surface area contributed by atoms with Crippen LogP contribution in [-0.4, -0.2) is 52.0 Å². The topological polar surface area (TPSA) is 75.7 Å². The molecule has 2 aliphatic heterocycles. The summed E-state index contributed by atoms with van der Waals surface area (Å²) in [4.78, 5) is 11.9. The van der Waals surface area contributed by atoms with E-state index in [9.17, 15) is 13.2 Å². The van der Waals surface area contributed by atoms with Crippen LogP contribution in [0.25, 0.3) is 0 Å². The maximum atomic E-state index is 13.0. The van der Waals surface area contributed by atoms with Gasteiger partial charge in [-0.05, 0) is 49.4 Å². The molecule has 0 saturated carbocycles. The van der Waals surface area contributed by atoms with Gasteiger partial charge in [0.15, 0.2) is 0 Å². The van der Waals surface area contributed by atoms with E-state index in [0.29, 0.717) is 18.7 Å². The summed E-state index contributed by atoms with van der Waals surface area (Å²) in [5, 5.41) is 3.33. The Balaban J connectivity index is 0.00000208. The summed E-state index contributed by atoms with van der Waals surface area (Å²) in [6.07, 6.45) is 1.90. The molecule has 24 heavy (non-hydrogen) atoms. The van der Waals surface area contributed by atoms with Crippen molar-refractivity contribution in [3.63, 3.8) is 0 Å². The Bertz CT molecular complexity index is 730. The molecule has 1 aromatic rings. The summed E-state index contributed by atoms with van der Waals surface area (Å²) >= 11 is 0. The normalized spacial score (nSPS) is 24.1. The second-order valence-corrected chi connectivity index (χ2v) is 8.39. The van der Waals surface area contributed by atoms with Gasteiger partial charge in [0.1, 0.15) is 0 Å². The Kier molecular flexibility index (Phi) is 5.59. The summed E-state index contributed by atoms with van der Waals surface area (Å²) in [5.74, 6) is -0.528. The lowest BCUT2D eigenvalue weighted by Crippen LogP contribution is -2.33. The molecule has 1 spiro atoms. The van der Waals surface area contributed by atoms with Crippen molar-refractivity contribution in [1.82, 2.24) is 9.62 Å². The number of benzene rings is 1. The molecule has 0 aromatic heterocycles. The van der Waals surface area contributed by atoms with Crippen LogP contribution in [0.4, 0.5) is 0 Å². The van der Waals surface area contributed by atoms with Crippen molar-refractivity contribution in [2.45, 2.75) is 24.7 Å². The lowest BCUT2D eigenvalue weighted by Gasteiger charge is -2.23. The first-order valence-electron chi connectivity index (χ1n) is 7.78. The molecule has 0 radical (unpaired) electrons. The molecule has 1 atom stereocenters. The van der Waals surface area contributed by atoms with Gasteiger partial charge in [-0.15, -0.1) is 12.4 Å². The fraction of sp³-hybridized carbons (Fsp3) is 0.562. The molecule has 2 heterocycles. The number of esters is 1. The van der Waals surface area contributed by atoms with Gasteiger partial charge < -0.3 is 10.1 Å². The van der Waals surface area contributed by atoms with Crippen LogP contribution >= 0.6 is 12.4 Å². The van der Waals surface area contributed by atoms with Crippen LogP contribution in [0.15, 0.2) is 23.1 Å². The molecule has 6 nitrogen and oxygen atoms in total. The van der Waals surface area contributed by atoms with Crippen LogP contribution < -0.4 is 5.32 Å².